The van der Waals surface area contributed by atoms with Crippen molar-refractivity contribution in [1.82, 2.24) is 5.32 Å². The number of nitrogens with one attached hydrogen (secondary N) is 1. The normalized spacial score (nSPS) is 21.2. The summed E-state index contributed by atoms with van der Waals surface area (Å²) in [6.07, 6.45) is 4.75. The van der Waals surface area contributed by atoms with Crippen molar-refractivity contribution in [3.63, 3.8) is 0 Å². The summed E-state index contributed by atoms with van der Waals surface area (Å²) in [6.45, 7) is 6.19. The van der Waals surface area contributed by atoms with Crippen LogP contribution in [0.15, 0.2) is 11.8 Å². The second-order valence-electron chi connectivity index (χ2n) is 5.21. The van der Waals surface area contributed by atoms with Gasteiger partial charge in [-0.3, -0.25) is 5.32 Å². The van der Waals surface area contributed by atoms with E-state index in [0.717, 1.165) is 25.0 Å². The molecule has 1 aliphatic carbocycles. The molecule has 4 heteroatoms. The third-order valence-electron chi connectivity index (χ3n) is 2.42. The van der Waals surface area contributed by atoms with E-state index in [1.165, 1.54) is 0 Å². The van der Waals surface area contributed by atoms with E-state index in [1.54, 1.807) is 0 Å². The quantitative estimate of drug-likeness (QED) is 0.758. The molecule has 4 nitrogen and oxygen atoms in total. The van der Waals surface area contributed by atoms with Crippen LogP contribution < -0.4 is 11.1 Å². The molecule has 0 saturated carbocycles. The topological polar surface area (TPSA) is 64.3 Å². The number of alkyl carbamates (subject to hydrolysis) is 1. The highest BCUT2D eigenvalue weighted by atomic mass is 16.6. The van der Waals surface area contributed by atoms with Crippen LogP contribution in [-0.4, -0.2) is 18.2 Å². The lowest BCUT2D eigenvalue weighted by Crippen LogP contribution is -2.33. The molecule has 1 aliphatic rings. The first-order chi connectivity index (χ1) is 7.40. The number of nitrogens with two attached hydrogens (primary N) is 1. The predicted octanol–water partition coefficient (Wildman–Crippen LogP) is 2.15. The van der Waals surface area contributed by atoms with Crippen molar-refractivity contribution in [2.45, 2.75) is 45.6 Å². The van der Waals surface area contributed by atoms with Crippen LogP contribution in [0.2, 0.25) is 0 Å². The Morgan fingerprint density at radius 1 is 1.62 bits per heavy atom. The molecule has 0 aliphatic heterocycles. The molecule has 92 valence electrons. The molecule has 0 saturated heterocycles. The number of carbonyl (C=O) groups is 1. The molecule has 0 heterocycles. The van der Waals surface area contributed by atoms with Crippen LogP contribution in [0.3, 0.4) is 0 Å². The van der Waals surface area contributed by atoms with Gasteiger partial charge >= 0.3 is 6.09 Å². The van der Waals surface area contributed by atoms with E-state index in [9.17, 15) is 4.79 Å². The molecule has 3 N–H and O–H groups in total. The highest BCUT2D eigenvalue weighted by molar-refractivity contribution is 5.70. The van der Waals surface area contributed by atoms with E-state index in [1.807, 2.05) is 26.8 Å². The number of amides is 1. The first-order valence-electron chi connectivity index (χ1n) is 5.81. The van der Waals surface area contributed by atoms with Gasteiger partial charge in [0, 0.05) is 5.70 Å². The van der Waals surface area contributed by atoms with Gasteiger partial charge in [0.05, 0.1) is 0 Å². The zero-order chi connectivity index (χ0) is 12.2. The van der Waals surface area contributed by atoms with Crippen molar-refractivity contribution in [2.75, 3.05) is 6.54 Å². The smallest absolute Gasteiger partial charge is 0.411 e. The van der Waals surface area contributed by atoms with Gasteiger partial charge in [0.1, 0.15) is 5.60 Å². The van der Waals surface area contributed by atoms with E-state index < -0.39 is 5.60 Å². The van der Waals surface area contributed by atoms with Gasteiger partial charge in [0.2, 0.25) is 0 Å². The number of carbonyl (C=O) groups excluding carboxylic acids is 1. The molecule has 16 heavy (non-hydrogen) atoms. The van der Waals surface area contributed by atoms with Crippen LogP contribution in [0.4, 0.5) is 4.79 Å². The Morgan fingerprint density at radius 2 is 2.31 bits per heavy atom. The Hall–Kier alpha value is -1.03. The van der Waals surface area contributed by atoms with Gasteiger partial charge in [-0.05, 0) is 52.5 Å². The second kappa shape index (κ2) is 5.34. The molecule has 1 rings (SSSR count). The minimum Gasteiger partial charge on any atom is -0.444 e. The third kappa shape index (κ3) is 4.66. The molecule has 0 aromatic rings. The second-order valence-corrected chi connectivity index (χ2v) is 5.21. The Bertz CT molecular complexity index is 279. The summed E-state index contributed by atoms with van der Waals surface area (Å²) in [5.74, 6) is 0.388. The number of hydrogen-bond donors (Lipinski definition) is 2. The van der Waals surface area contributed by atoms with Gasteiger partial charge in [-0.2, -0.15) is 0 Å². The molecule has 0 radical (unpaired) electrons. The molecule has 0 bridgehead atoms. The highest BCUT2D eigenvalue weighted by Gasteiger charge is 2.19. The monoisotopic (exact) mass is 226 g/mol. The summed E-state index contributed by atoms with van der Waals surface area (Å²) in [4.78, 5) is 11.5. The lowest BCUT2D eigenvalue weighted by atomic mass is 9.94. The Labute approximate surface area is 97.2 Å². The van der Waals surface area contributed by atoms with Gasteiger partial charge in [-0.25, -0.2) is 4.79 Å². The zero-order valence-corrected chi connectivity index (χ0v) is 10.4. The fourth-order valence-corrected chi connectivity index (χ4v) is 1.73. The van der Waals surface area contributed by atoms with Crippen LogP contribution in [0.25, 0.3) is 0 Å². The largest absolute Gasteiger partial charge is 0.444 e. The van der Waals surface area contributed by atoms with Crippen molar-refractivity contribution in [1.29, 1.82) is 0 Å². The highest BCUT2D eigenvalue weighted by Crippen LogP contribution is 2.20. The lowest BCUT2D eigenvalue weighted by molar-refractivity contribution is 0.0543. The van der Waals surface area contributed by atoms with Crippen molar-refractivity contribution in [2.24, 2.45) is 11.7 Å². The van der Waals surface area contributed by atoms with Crippen LogP contribution >= 0.6 is 0 Å². The van der Waals surface area contributed by atoms with Crippen LogP contribution in [0, 0.1) is 5.92 Å². The molecular weight excluding hydrogens is 204 g/mol. The van der Waals surface area contributed by atoms with Gasteiger partial charge in [0.25, 0.3) is 0 Å². The van der Waals surface area contributed by atoms with Crippen molar-refractivity contribution < 1.29 is 9.53 Å². The number of allylic oxidation sites excluding steroid dienone is 1. The van der Waals surface area contributed by atoms with E-state index in [0.29, 0.717) is 12.5 Å². The number of ether oxygens (including phenoxy) is 1. The van der Waals surface area contributed by atoms with E-state index in [4.69, 9.17) is 10.5 Å². The summed E-state index contributed by atoms with van der Waals surface area (Å²) in [5.41, 5.74) is 6.10. The average Bonchev–Trinajstić information content (AvgIpc) is 2.15. The molecule has 1 unspecified atom stereocenters. The van der Waals surface area contributed by atoms with Crippen LogP contribution in [-0.2, 0) is 4.74 Å². The van der Waals surface area contributed by atoms with E-state index in [-0.39, 0.29) is 6.09 Å². The van der Waals surface area contributed by atoms with E-state index in [2.05, 4.69) is 5.32 Å². The first kappa shape index (κ1) is 13.0. The molecule has 0 aromatic carbocycles. The summed E-state index contributed by atoms with van der Waals surface area (Å²) in [7, 11) is 0. The van der Waals surface area contributed by atoms with Gasteiger partial charge in [-0.15, -0.1) is 0 Å². The van der Waals surface area contributed by atoms with E-state index >= 15 is 0 Å². The molecule has 0 aromatic heterocycles. The minimum atomic E-state index is -0.452. The fourth-order valence-electron chi connectivity index (χ4n) is 1.73. The summed E-state index contributed by atoms with van der Waals surface area (Å²) < 4.78 is 5.19. The molecule has 1 amide bonds. The third-order valence-corrected chi connectivity index (χ3v) is 2.42. The average molecular weight is 226 g/mol. The fraction of sp³-hybridized carbons (Fsp3) is 0.750. The Balaban J connectivity index is 2.47. The minimum absolute atomic E-state index is 0.378. The Kier molecular flexibility index (Phi) is 4.35. The molecule has 0 spiro atoms. The van der Waals surface area contributed by atoms with Gasteiger partial charge < -0.3 is 10.5 Å². The zero-order valence-electron chi connectivity index (χ0n) is 10.4. The predicted molar refractivity (Wildman–Crippen MR) is 63.8 cm³/mol. The summed E-state index contributed by atoms with van der Waals surface area (Å²) in [6, 6.07) is 0. The number of hydrogen-bond acceptors (Lipinski definition) is 3. The van der Waals surface area contributed by atoms with Crippen LogP contribution in [0.5, 0.6) is 0 Å². The lowest BCUT2D eigenvalue weighted by Gasteiger charge is -2.23. The maximum atomic E-state index is 11.5. The molecule has 1 atom stereocenters. The molecular formula is C12H22N2O2. The van der Waals surface area contributed by atoms with Gasteiger partial charge in [0.15, 0.2) is 0 Å². The van der Waals surface area contributed by atoms with Crippen molar-refractivity contribution in [3.8, 4) is 0 Å². The maximum Gasteiger partial charge on any atom is 0.411 e. The number of rotatable bonds is 2. The standard InChI is InChI=1S/C12H22N2O2/c1-12(2,3)16-11(15)14-10-6-4-5-9(7-10)8-13/h7,9H,4-6,8,13H2,1-3H3,(H,14,15). The van der Waals surface area contributed by atoms with Crippen molar-refractivity contribution >= 4 is 6.09 Å². The van der Waals surface area contributed by atoms with Crippen LogP contribution in [0.1, 0.15) is 40.0 Å². The van der Waals surface area contributed by atoms with Crippen molar-refractivity contribution in [3.05, 3.63) is 11.8 Å². The Morgan fingerprint density at radius 3 is 2.88 bits per heavy atom. The summed E-state index contributed by atoms with van der Waals surface area (Å²) in [5, 5.41) is 2.78. The summed E-state index contributed by atoms with van der Waals surface area (Å²) >= 11 is 0. The molecule has 0 fully saturated rings. The first-order valence-corrected chi connectivity index (χ1v) is 5.81. The SMILES string of the molecule is CC(C)(C)OC(=O)NC1=CC(CN)CCC1. The maximum absolute atomic E-state index is 11.5. The van der Waals surface area contributed by atoms with Gasteiger partial charge in [-0.1, -0.05) is 6.08 Å².